The summed E-state index contributed by atoms with van der Waals surface area (Å²) < 4.78 is 5.33. The molecule has 0 fully saturated rings. The second-order valence-corrected chi connectivity index (χ2v) is 8.12. The smallest absolute Gasteiger partial charge is 0.343 e. The first-order valence-corrected chi connectivity index (χ1v) is 10.4. The number of esters is 1. The van der Waals surface area contributed by atoms with Crippen LogP contribution in [-0.4, -0.2) is 23.3 Å². The van der Waals surface area contributed by atoms with Gasteiger partial charge in [0.15, 0.2) is 0 Å². The third-order valence-electron chi connectivity index (χ3n) is 3.98. The van der Waals surface area contributed by atoms with Crippen molar-refractivity contribution in [2.75, 3.05) is 0 Å². The van der Waals surface area contributed by atoms with Crippen LogP contribution >= 0.6 is 23.4 Å². The monoisotopic (exact) mass is 438 g/mol. The van der Waals surface area contributed by atoms with Gasteiger partial charge in [0.1, 0.15) is 5.75 Å². The number of hydrogen-bond donors (Lipinski definition) is 1. The van der Waals surface area contributed by atoms with E-state index in [1.165, 1.54) is 18.0 Å². The van der Waals surface area contributed by atoms with Crippen LogP contribution in [0.3, 0.4) is 0 Å². The number of halogens is 1. The first-order chi connectivity index (χ1) is 14.5. The van der Waals surface area contributed by atoms with Gasteiger partial charge in [-0.2, -0.15) is 5.10 Å². The minimum Gasteiger partial charge on any atom is -0.423 e. The van der Waals surface area contributed by atoms with Crippen LogP contribution in [0.5, 0.6) is 5.75 Å². The van der Waals surface area contributed by atoms with Crippen molar-refractivity contribution in [1.29, 1.82) is 0 Å². The van der Waals surface area contributed by atoms with Gasteiger partial charge in [0, 0.05) is 9.92 Å². The van der Waals surface area contributed by atoms with Crippen molar-refractivity contribution in [3.05, 3.63) is 95.0 Å². The zero-order valence-corrected chi connectivity index (χ0v) is 17.7. The van der Waals surface area contributed by atoms with E-state index in [4.69, 9.17) is 16.3 Å². The van der Waals surface area contributed by atoms with Crippen LogP contribution in [0.15, 0.2) is 88.9 Å². The first-order valence-electron chi connectivity index (χ1n) is 9.14. The highest BCUT2D eigenvalue weighted by Crippen LogP contribution is 2.24. The number of ether oxygens (including phenoxy) is 1. The summed E-state index contributed by atoms with van der Waals surface area (Å²) in [6.07, 6.45) is 1.53. The summed E-state index contributed by atoms with van der Waals surface area (Å²) in [4.78, 5) is 25.2. The zero-order chi connectivity index (χ0) is 21.3. The fourth-order valence-electron chi connectivity index (χ4n) is 2.39. The number of hydrogen-bond acceptors (Lipinski definition) is 5. The standard InChI is InChI=1S/C23H19ClN2O3S/c1-16(30-21-13-9-19(24)10-14-21)22(27)26-25-15-17-7-11-20(12-8-17)29-23(28)18-5-3-2-4-6-18/h2-16H,1H3,(H,26,27)/b25-15-/t16-/m1/s1. The van der Waals surface area contributed by atoms with Crippen molar-refractivity contribution in [1.82, 2.24) is 5.43 Å². The third kappa shape index (κ3) is 6.47. The Morgan fingerprint density at radius 3 is 2.33 bits per heavy atom. The molecule has 1 N–H and O–H groups in total. The molecule has 3 rings (SSSR count). The molecule has 1 amide bonds. The number of carbonyl (C=O) groups excluding carboxylic acids is 2. The van der Waals surface area contributed by atoms with Crippen molar-refractivity contribution in [3.63, 3.8) is 0 Å². The molecule has 0 aromatic heterocycles. The Labute approximate surface area is 184 Å². The number of rotatable bonds is 7. The molecule has 0 unspecified atom stereocenters. The number of nitrogens with one attached hydrogen (secondary N) is 1. The Morgan fingerprint density at radius 2 is 1.67 bits per heavy atom. The van der Waals surface area contributed by atoms with E-state index < -0.39 is 5.97 Å². The van der Waals surface area contributed by atoms with Gasteiger partial charge in [0.25, 0.3) is 5.91 Å². The van der Waals surface area contributed by atoms with E-state index in [0.29, 0.717) is 16.3 Å². The van der Waals surface area contributed by atoms with Crippen molar-refractivity contribution in [2.24, 2.45) is 5.10 Å². The lowest BCUT2D eigenvalue weighted by molar-refractivity contribution is -0.120. The predicted molar refractivity (Wildman–Crippen MR) is 120 cm³/mol. The Morgan fingerprint density at radius 1 is 1.00 bits per heavy atom. The Kier molecular flexibility index (Phi) is 7.65. The van der Waals surface area contributed by atoms with E-state index in [0.717, 1.165) is 10.5 Å². The lowest BCUT2D eigenvalue weighted by Gasteiger charge is -2.09. The highest BCUT2D eigenvalue weighted by Gasteiger charge is 2.13. The maximum Gasteiger partial charge on any atom is 0.343 e. The highest BCUT2D eigenvalue weighted by molar-refractivity contribution is 8.00. The molecule has 0 spiro atoms. The SMILES string of the molecule is C[C@@H](Sc1ccc(Cl)cc1)C(=O)N/N=C\c1ccc(OC(=O)c2ccccc2)cc1. The van der Waals surface area contributed by atoms with Gasteiger partial charge in [0.2, 0.25) is 0 Å². The number of benzene rings is 3. The summed E-state index contributed by atoms with van der Waals surface area (Å²) in [5, 5.41) is 4.33. The molecule has 3 aromatic carbocycles. The summed E-state index contributed by atoms with van der Waals surface area (Å²) in [5.74, 6) is -0.200. The predicted octanol–water partition coefficient (Wildman–Crippen LogP) is 5.19. The van der Waals surface area contributed by atoms with E-state index in [9.17, 15) is 9.59 Å². The highest BCUT2D eigenvalue weighted by atomic mass is 35.5. The van der Waals surface area contributed by atoms with Gasteiger partial charge in [-0.05, 0) is 73.2 Å². The lowest BCUT2D eigenvalue weighted by Crippen LogP contribution is -2.26. The van der Waals surface area contributed by atoms with Crippen LogP contribution in [0.25, 0.3) is 0 Å². The van der Waals surface area contributed by atoms with Crippen LogP contribution in [0.1, 0.15) is 22.8 Å². The lowest BCUT2D eigenvalue weighted by atomic mass is 10.2. The van der Waals surface area contributed by atoms with E-state index in [1.807, 2.05) is 18.2 Å². The molecule has 3 aromatic rings. The number of thioether (sulfide) groups is 1. The Hall–Kier alpha value is -3.09. The van der Waals surface area contributed by atoms with Gasteiger partial charge in [-0.3, -0.25) is 4.79 Å². The summed E-state index contributed by atoms with van der Waals surface area (Å²) in [6, 6.07) is 22.9. The van der Waals surface area contributed by atoms with Crippen molar-refractivity contribution >= 4 is 41.5 Å². The summed E-state index contributed by atoms with van der Waals surface area (Å²) in [6.45, 7) is 1.81. The van der Waals surface area contributed by atoms with E-state index in [2.05, 4.69) is 10.5 Å². The summed E-state index contributed by atoms with van der Waals surface area (Å²) in [7, 11) is 0. The second kappa shape index (κ2) is 10.6. The average molecular weight is 439 g/mol. The Bertz CT molecular complexity index is 1020. The first kappa shape index (κ1) is 21.6. The van der Waals surface area contributed by atoms with Crippen molar-refractivity contribution in [2.45, 2.75) is 17.1 Å². The number of amides is 1. The van der Waals surface area contributed by atoms with Crippen LogP contribution in [0.4, 0.5) is 0 Å². The molecule has 0 bridgehead atoms. The number of hydrazone groups is 1. The molecular weight excluding hydrogens is 420 g/mol. The van der Waals surface area contributed by atoms with Gasteiger partial charge >= 0.3 is 5.97 Å². The minimum atomic E-state index is -0.420. The third-order valence-corrected chi connectivity index (χ3v) is 5.35. The van der Waals surface area contributed by atoms with Crippen LogP contribution < -0.4 is 10.2 Å². The molecule has 0 aliphatic rings. The van der Waals surface area contributed by atoms with Crippen molar-refractivity contribution in [3.8, 4) is 5.75 Å². The molecule has 0 heterocycles. The largest absolute Gasteiger partial charge is 0.423 e. The molecule has 0 radical (unpaired) electrons. The molecule has 30 heavy (non-hydrogen) atoms. The quantitative estimate of drug-likeness (QED) is 0.181. The summed E-state index contributed by atoms with van der Waals surface area (Å²) >= 11 is 7.29. The second-order valence-electron chi connectivity index (χ2n) is 6.27. The van der Waals surface area contributed by atoms with Gasteiger partial charge in [-0.25, -0.2) is 10.2 Å². The fourth-order valence-corrected chi connectivity index (χ4v) is 3.38. The molecule has 5 nitrogen and oxygen atoms in total. The van der Waals surface area contributed by atoms with E-state index in [1.54, 1.807) is 67.6 Å². The molecule has 0 saturated heterocycles. The average Bonchev–Trinajstić information content (AvgIpc) is 2.77. The molecule has 0 aliphatic heterocycles. The normalized spacial score (nSPS) is 11.8. The van der Waals surface area contributed by atoms with Gasteiger partial charge in [-0.15, -0.1) is 11.8 Å². The fraction of sp³-hybridized carbons (Fsp3) is 0.0870. The van der Waals surface area contributed by atoms with Crippen LogP contribution in [0, 0.1) is 0 Å². The number of nitrogens with zero attached hydrogens (tertiary/aromatic N) is 1. The van der Waals surface area contributed by atoms with E-state index in [-0.39, 0.29) is 11.2 Å². The minimum absolute atomic E-state index is 0.209. The molecule has 0 aliphatic carbocycles. The molecule has 0 saturated carbocycles. The van der Waals surface area contributed by atoms with Gasteiger partial charge in [0.05, 0.1) is 17.0 Å². The maximum absolute atomic E-state index is 12.2. The van der Waals surface area contributed by atoms with Gasteiger partial charge in [-0.1, -0.05) is 29.8 Å². The summed E-state index contributed by atoms with van der Waals surface area (Å²) in [5.41, 5.74) is 3.77. The molecule has 7 heteroatoms. The van der Waals surface area contributed by atoms with Crippen molar-refractivity contribution < 1.29 is 14.3 Å². The Balaban J connectivity index is 1.49. The molecular formula is C23H19ClN2O3S. The topological polar surface area (TPSA) is 67.8 Å². The molecule has 152 valence electrons. The molecule has 1 atom stereocenters. The zero-order valence-electron chi connectivity index (χ0n) is 16.1. The van der Waals surface area contributed by atoms with Crippen LogP contribution in [0.2, 0.25) is 5.02 Å². The van der Waals surface area contributed by atoms with E-state index >= 15 is 0 Å². The van der Waals surface area contributed by atoms with Crippen LogP contribution in [-0.2, 0) is 4.79 Å². The van der Waals surface area contributed by atoms with Gasteiger partial charge < -0.3 is 4.74 Å². The maximum atomic E-state index is 12.2. The number of carbonyl (C=O) groups is 2.